The fraction of sp³-hybridized carbons (Fsp3) is 0.588. The van der Waals surface area contributed by atoms with Gasteiger partial charge < -0.3 is 10.1 Å². The van der Waals surface area contributed by atoms with Gasteiger partial charge >= 0.3 is 0 Å². The van der Waals surface area contributed by atoms with Gasteiger partial charge in [-0.1, -0.05) is 17.7 Å². The number of rotatable bonds is 5. The zero-order valence-electron chi connectivity index (χ0n) is 13.3. The third-order valence-electron chi connectivity index (χ3n) is 4.25. The van der Waals surface area contributed by atoms with Crippen molar-refractivity contribution in [3.63, 3.8) is 0 Å². The molecule has 1 amide bonds. The maximum atomic E-state index is 12.0. The Morgan fingerprint density at radius 3 is 2.76 bits per heavy atom. The third kappa shape index (κ3) is 4.21. The van der Waals surface area contributed by atoms with Crippen molar-refractivity contribution in [3.05, 3.63) is 29.8 Å². The largest absolute Gasteiger partial charge is 0.492 e. The van der Waals surface area contributed by atoms with Crippen LogP contribution in [-0.2, 0) is 4.79 Å². The normalized spacial score (nSPS) is 22.8. The predicted molar refractivity (Wildman–Crippen MR) is 84.5 cm³/mol. The van der Waals surface area contributed by atoms with E-state index in [2.05, 4.69) is 36.2 Å². The summed E-state index contributed by atoms with van der Waals surface area (Å²) in [5, 5.41) is 2.79. The van der Waals surface area contributed by atoms with E-state index in [1.165, 1.54) is 5.56 Å². The minimum Gasteiger partial charge on any atom is -0.492 e. The molecule has 0 aromatic heterocycles. The highest BCUT2D eigenvalue weighted by Crippen LogP contribution is 2.29. The lowest BCUT2D eigenvalue weighted by molar-refractivity contribution is -0.132. The van der Waals surface area contributed by atoms with Gasteiger partial charge in [-0.25, -0.2) is 0 Å². The van der Waals surface area contributed by atoms with Crippen molar-refractivity contribution in [1.29, 1.82) is 0 Å². The number of carbonyl (C=O) groups excluding carboxylic acids is 1. The van der Waals surface area contributed by atoms with E-state index < -0.39 is 0 Å². The molecule has 0 unspecified atom stereocenters. The van der Waals surface area contributed by atoms with Crippen LogP contribution in [0.3, 0.4) is 0 Å². The Bertz CT molecular complexity index is 472. The van der Waals surface area contributed by atoms with Crippen molar-refractivity contribution in [2.24, 2.45) is 5.41 Å². The number of piperidine rings is 1. The molecule has 1 aromatic rings. The number of hydrogen-bond donors (Lipinski definition) is 1. The van der Waals surface area contributed by atoms with Gasteiger partial charge in [0.25, 0.3) is 0 Å². The molecule has 4 heteroatoms. The van der Waals surface area contributed by atoms with Gasteiger partial charge in [-0.3, -0.25) is 9.69 Å². The van der Waals surface area contributed by atoms with Crippen LogP contribution in [-0.4, -0.2) is 44.1 Å². The number of carbonyl (C=O) groups is 1. The molecule has 2 rings (SSSR count). The number of nitrogens with zero attached hydrogens (tertiary/aromatic N) is 1. The van der Waals surface area contributed by atoms with Crippen LogP contribution in [0.4, 0.5) is 0 Å². The topological polar surface area (TPSA) is 41.6 Å². The summed E-state index contributed by atoms with van der Waals surface area (Å²) in [6.45, 7) is 7.50. The monoisotopic (exact) mass is 290 g/mol. The summed E-state index contributed by atoms with van der Waals surface area (Å²) in [5.41, 5.74) is 0.969. The van der Waals surface area contributed by atoms with Crippen molar-refractivity contribution < 1.29 is 9.53 Å². The van der Waals surface area contributed by atoms with Crippen LogP contribution in [0.5, 0.6) is 5.75 Å². The van der Waals surface area contributed by atoms with E-state index in [9.17, 15) is 4.79 Å². The molecule has 0 spiro atoms. The zero-order valence-corrected chi connectivity index (χ0v) is 13.3. The van der Waals surface area contributed by atoms with Gasteiger partial charge in [0.1, 0.15) is 12.4 Å². The molecule has 116 valence electrons. The quantitative estimate of drug-likeness (QED) is 0.904. The van der Waals surface area contributed by atoms with E-state index in [1.807, 2.05) is 12.1 Å². The zero-order chi connectivity index (χ0) is 15.3. The first kappa shape index (κ1) is 15.8. The van der Waals surface area contributed by atoms with E-state index in [0.29, 0.717) is 6.61 Å². The van der Waals surface area contributed by atoms with Gasteiger partial charge in [-0.05, 0) is 45.4 Å². The van der Waals surface area contributed by atoms with E-state index >= 15 is 0 Å². The number of hydrogen-bond acceptors (Lipinski definition) is 3. The van der Waals surface area contributed by atoms with Crippen LogP contribution in [0.1, 0.15) is 25.3 Å². The summed E-state index contributed by atoms with van der Waals surface area (Å²) in [6.07, 6.45) is 2.02. The molecule has 1 aliphatic rings. The third-order valence-corrected chi connectivity index (χ3v) is 4.25. The van der Waals surface area contributed by atoms with E-state index in [1.54, 1.807) is 7.05 Å². The molecule has 0 aliphatic carbocycles. The Balaban J connectivity index is 1.80. The van der Waals surface area contributed by atoms with Crippen molar-refractivity contribution >= 4 is 5.91 Å². The molecule has 1 saturated heterocycles. The first-order valence-electron chi connectivity index (χ1n) is 7.67. The second kappa shape index (κ2) is 6.94. The molecule has 1 fully saturated rings. The molecule has 1 heterocycles. The van der Waals surface area contributed by atoms with Crippen LogP contribution >= 0.6 is 0 Å². The lowest BCUT2D eigenvalue weighted by atomic mass is 9.81. The number of nitrogens with one attached hydrogen (secondary N) is 1. The average Bonchev–Trinajstić information content (AvgIpc) is 2.48. The lowest BCUT2D eigenvalue weighted by Gasteiger charge is -2.38. The molecular formula is C17H26N2O2. The summed E-state index contributed by atoms with van der Waals surface area (Å²) in [7, 11) is 1.72. The SMILES string of the molecule is CNC(=O)[C@]1(C)CCCN(CCOc2ccc(C)cc2)C1. The van der Waals surface area contributed by atoms with Crippen LogP contribution < -0.4 is 10.1 Å². The number of likely N-dealkylation sites (tertiary alicyclic amines) is 1. The second-order valence-corrected chi connectivity index (χ2v) is 6.18. The second-order valence-electron chi connectivity index (χ2n) is 6.18. The number of benzene rings is 1. The summed E-state index contributed by atoms with van der Waals surface area (Å²) in [5.74, 6) is 1.05. The van der Waals surface area contributed by atoms with Gasteiger partial charge in [0.05, 0.1) is 5.41 Å². The van der Waals surface area contributed by atoms with Crippen LogP contribution in [0, 0.1) is 12.3 Å². The maximum absolute atomic E-state index is 12.0. The molecule has 1 atom stereocenters. The van der Waals surface area contributed by atoms with Gasteiger partial charge in [-0.15, -0.1) is 0 Å². The minimum absolute atomic E-state index is 0.145. The van der Waals surface area contributed by atoms with Crippen LogP contribution in [0.15, 0.2) is 24.3 Å². The molecule has 1 aromatic carbocycles. The standard InChI is InChI=1S/C17H26N2O2/c1-14-5-7-15(8-6-14)21-12-11-19-10-4-9-17(2,13-19)16(20)18-3/h5-8H,4,9-13H2,1-3H3,(H,18,20)/t17-/m1/s1. The summed E-state index contributed by atoms with van der Waals surface area (Å²) in [4.78, 5) is 14.3. The predicted octanol–water partition coefficient (Wildman–Crippen LogP) is 2.22. The fourth-order valence-corrected chi connectivity index (χ4v) is 2.95. The highest BCUT2D eigenvalue weighted by molar-refractivity contribution is 5.82. The maximum Gasteiger partial charge on any atom is 0.226 e. The van der Waals surface area contributed by atoms with Crippen LogP contribution in [0.2, 0.25) is 0 Å². The van der Waals surface area contributed by atoms with Crippen LogP contribution in [0.25, 0.3) is 0 Å². The summed E-state index contributed by atoms with van der Waals surface area (Å²) < 4.78 is 5.78. The Morgan fingerprint density at radius 2 is 2.10 bits per heavy atom. The highest BCUT2D eigenvalue weighted by atomic mass is 16.5. The van der Waals surface area contributed by atoms with E-state index in [-0.39, 0.29) is 11.3 Å². The Labute approximate surface area is 127 Å². The van der Waals surface area contributed by atoms with E-state index in [0.717, 1.165) is 38.2 Å². The van der Waals surface area contributed by atoms with E-state index in [4.69, 9.17) is 4.74 Å². The molecule has 0 saturated carbocycles. The van der Waals surface area contributed by atoms with Crippen molar-refractivity contribution in [3.8, 4) is 5.75 Å². The number of amides is 1. The summed E-state index contributed by atoms with van der Waals surface area (Å²) >= 11 is 0. The van der Waals surface area contributed by atoms with Gasteiger partial charge in [0.15, 0.2) is 0 Å². The van der Waals surface area contributed by atoms with Gasteiger partial charge in [-0.2, -0.15) is 0 Å². The highest BCUT2D eigenvalue weighted by Gasteiger charge is 2.36. The Hall–Kier alpha value is -1.55. The fourth-order valence-electron chi connectivity index (χ4n) is 2.95. The van der Waals surface area contributed by atoms with Gasteiger partial charge in [0, 0.05) is 20.1 Å². The summed E-state index contributed by atoms with van der Waals surface area (Å²) in [6, 6.07) is 8.11. The first-order valence-corrected chi connectivity index (χ1v) is 7.67. The molecule has 1 N–H and O–H groups in total. The van der Waals surface area contributed by atoms with Crippen molar-refractivity contribution in [2.45, 2.75) is 26.7 Å². The molecule has 21 heavy (non-hydrogen) atoms. The minimum atomic E-state index is -0.267. The molecule has 0 radical (unpaired) electrons. The number of ether oxygens (including phenoxy) is 1. The van der Waals surface area contributed by atoms with Crippen molar-refractivity contribution in [1.82, 2.24) is 10.2 Å². The van der Waals surface area contributed by atoms with Gasteiger partial charge in [0.2, 0.25) is 5.91 Å². The van der Waals surface area contributed by atoms with Crippen molar-refractivity contribution in [2.75, 3.05) is 33.3 Å². The number of aryl methyl sites for hydroxylation is 1. The Morgan fingerprint density at radius 1 is 1.38 bits per heavy atom. The Kier molecular flexibility index (Phi) is 5.23. The molecule has 1 aliphatic heterocycles. The average molecular weight is 290 g/mol. The molecule has 4 nitrogen and oxygen atoms in total. The smallest absolute Gasteiger partial charge is 0.226 e. The molecular weight excluding hydrogens is 264 g/mol. The molecule has 0 bridgehead atoms. The lowest BCUT2D eigenvalue weighted by Crippen LogP contribution is -2.50. The first-order chi connectivity index (χ1) is 10.0.